The van der Waals surface area contributed by atoms with Crippen molar-refractivity contribution in [2.45, 2.75) is 26.8 Å². The number of rotatable bonds is 6. The highest BCUT2D eigenvalue weighted by molar-refractivity contribution is 6.20. The largest absolute Gasteiger partial charge is 0.398 e. The van der Waals surface area contributed by atoms with Gasteiger partial charge in [0.05, 0.1) is 22.7 Å². The molecular weight excluding hydrogens is 390 g/mol. The van der Waals surface area contributed by atoms with Gasteiger partial charge in [-0.05, 0) is 57.1 Å². The Morgan fingerprint density at radius 1 is 1.16 bits per heavy atom. The summed E-state index contributed by atoms with van der Waals surface area (Å²) in [5.74, 6) is -0.454. The van der Waals surface area contributed by atoms with Gasteiger partial charge in [0.25, 0.3) is 11.5 Å². The Balaban J connectivity index is 2.19. The van der Waals surface area contributed by atoms with Crippen molar-refractivity contribution in [1.82, 2.24) is 9.88 Å². The van der Waals surface area contributed by atoms with Crippen LogP contribution in [0.1, 0.15) is 32.5 Å². The molecule has 3 rings (SSSR count). The number of pyridine rings is 1. The molecular formula is C24H25N5O2. The second kappa shape index (κ2) is 8.79. The van der Waals surface area contributed by atoms with Gasteiger partial charge >= 0.3 is 0 Å². The molecule has 0 radical (unpaired) electrons. The van der Waals surface area contributed by atoms with Gasteiger partial charge in [0.1, 0.15) is 0 Å². The zero-order valence-corrected chi connectivity index (χ0v) is 17.8. The normalized spacial score (nSPS) is 12.7. The number of allylic oxidation sites excluding steroid dienone is 1. The van der Waals surface area contributed by atoms with Gasteiger partial charge in [0.15, 0.2) is 0 Å². The minimum Gasteiger partial charge on any atom is -0.398 e. The SMILES string of the molecule is C=N/C(C)=C(/C(C)=N)C(=O)NC(C)c1cc2cccc(N)c2c(=O)n1-c1ccccc1. The fraction of sp³-hybridized carbons (Fsp3) is 0.167. The third-order valence-electron chi connectivity index (χ3n) is 5.11. The molecule has 1 heterocycles. The Labute approximate surface area is 180 Å². The van der Waals surface area contributed by atoms with E-state index in [-0.39, 0.29) is 16.8 Å². The highest BCUT2D eigenvalue weighted by Crippen LogP contribution is 2.24. The number of hydrogen-bond donors (Lipinski definition) is 3. The maximum atomic E-state index is 13.5. The molecule has 2 aromatic carbocycles. The highest BCUT2D eigenvalue weighted by atomic mass is 16.2. The number of nitrogen functional groups attached to an aromatic ring is 1. The Morgan fingerprint density at radius 3 is 2.45 bits per heavy atom. The molecule has 4 N–H and O–H groups in total. The van der Waals surface area contributed by atoms with Gasteiger partial charge in [0, 0.05) is 22.8 Å². The number of hydrogen-bond acceptors (Lipinski definition) is 5. The molecule has 0 aliphatic carbocycles. The van der Waals surface area contributed by atoms with Crippen LogP contribution in [0.5, 0.6) is 0 Å². The van der Waals surface area contributed by atoms with Gasteiger partial charge in [-0.3, -0.25) is 19.1 Å². The quantitative estimate of drug-likeness (QED) is 0.323. The van der Waals surface area contributed by atoms with Crippen molar-refractivity contribution in [3.8, 4) is 5.69 Å². The van der Waals surface area contributed by atoms with Crippen LogP contribution in [-0.2, 0) is 4.79 Å². The van der Waals surface area contributed by atoms with Crippen LogP contribution >= 0.6 is 0 Å². The average Bonchev–Trinajstić information content (AvgIpc) is 2.73. The number of carbonyl (C=O) groups is 1. The fourth-order valence-corrected chi connectivity index (χ4v) is 3.60. The maximum absolute atomic E-state index is 13.5. The van der Waals surface area contributed by atoms with E-state index in [1.165, 1.54) is 6.92 Å². The van der Waals surface area contributed by atoms with Crippen molar-refractivity contribution >= 4 is 34.8 Å². The Kier molecular flexibility index (Phi) is 6.15. The van der Waals surface area contributed by atoms with E-state index < -0.39 is 11.9 Å². The summed E-state index contributed by atoms with van der Waals surface area (Å²) in [5, 5.41) is 11.9. The minimum atomic E-state index is -0.543. The maximum Gasteiger partial charge on any atom is 0.265 e. The number of carbonyl (C=O) groups excluding carboxylic acids is 1. The smallest absolute Gasteiger partial charge is 0.265 e. The van der Waals surface area contributed by atoms with Gasteiger partial charge in [-0.25, -0.2) is 0 Å². The van der Waals surface area contributed by atoms with E-state index in [2.05, 4.69) is 17.0 Å². The van der Waals surface area contributed by atoms with Crippen molar-refractivity contribution in [2.75, 3.05) is 5.73 Å². The molecule has 1 amide bonds. The van der Waals surface area contributed by atoms with Crippen molar-refractivity contribution in [1.29, 1.82) is 5.41 Å². The molecule has 0 fully saturated rings. The molecule has 0 bridgehead atoms. The van der Waals surface area contributed by atoms with Gasteiger partial charge in [-0.1, -0.05) is 30.3 Å². The van der Waals surface area contributed by atoms with Gasteiger partial charge in [-0.2, -0.15) is 0 Å². The fourth-order valence-electron chi connectivity index (χ4n) is 3.60. The predicted molar refractivity (Wildman–Crippen MR) is 126 cm³/mol. The first-order valence-corrected chi connectivity index (χ1v) is 9.79. The van der Waals surface area contributed by atoms with Crippen LogP contribution in [0, 0.1) is 5.41 Å². The number of amides is 1. The lowest BCUT2D eigenvalue weighted by Gasteiger charge is -2.22. The van der Waals surface area contributed by atoms with E-state index >= 15 is 0 Å². The van der Waals surface area contributed by atoms with Crippen molar-refractivity contribution in [3.63, 3.8) is 0 Å². The zero-order chi connectivity index (χ0) is 22.7. The minimum absolute atomic E-state index is 0.0846. The molecule has 1 aromatic heterocycles. The van der Waals surface area contributed by atoms with Crippen molar-refractivity contribution < 1.29 is 4.79 Å². The second-order valence-corrected chi connectivity index (χ2v) is 7.30. The molecule has 3 aromatic rings. The Bertz CT molecular complexity index is 1270. The first-order chi connectivity index (χ1) is 14.8. The topological polar surface area (TPSA) is 113 Å². The summed E-state index contributed by atoms with van der Waals surface area (Å²) in [5.41, 5.74) is 8.09. The van der Waals surface area contributed by atoms with E-state index in [1.807, 2.05) is 42.5 Å². The van der Waals surface area contributed by atoms with Crippen LogP contribution in [-0.4, -0.2) is 22.9 Å². The molecule has 31 heavy (non-hydrogen) atoms. The molecule has 7 heteroatoms. The summed E-state index contributed by atoms with van der Waals surface area (Å²) in [6.07, 6.45) is 0. The molecule has 0 saturated heterocycles. The van der Waals surface area contributed by atoms with Crippen LogP contribution in [0.15, 0.2) is 75.7 Å². The number of aromatic nitrogens is 1. The van der Waals surface area contributed by atoms with Gasteiger partial charge < -0.3 is 16.5 Å². The average molecular weight is 415 g/mol. The van der Waals surface area contributed by atoms with E-state index in [4.69, 9.17) is 11.1 Å². The summed E-state index contributed by atoms with van der Waals surface area (Å²) in [7, 11) is 0. The molecule has 1 atom stereocenters. The standard InChI is InChI=1S/C24H25N5O2/c1-14(25)21(16(3)27-4)23(30)28-15(2)20-13-17-9-8-12-19(26)22(17)24(31)29(20)18-10-6-5-7-11-18/h5-13,15,25H,4,26H2,1-3H3,(H,28,30)/b21-16-,25-14?. The summed E-state index contributed by atoms with van der Waals surface area (Å²) in [4.78, 5) is 30.2. The number of benzene rings is 2. The monoisotopic (exact) mass is 415 g/mol. The van der Waals surface area contributed by atoms with Crippen LogP contribution in [0.25, 0.3) is 16.5 Å². The molecule has 0 spiro atoms. The summed E-state index contributed by atoms with van der Waals surface area (Å²) in [6.45, 7) is 8.39. The Morgan fingerprint density at radius 2 is 1.84 bits per heavy atom. The lowest BCUT2D eigenvalue weighted by Crippen LogP contribution is -2.34. The third kappa shape index (κ3) is 4.16. The van der Waals surface area contributed by atoms with Crippen molar-refractivity contribution in [2.24, 2.45) is 4.99 Å². The lowest BCUT2D eigenvalue weighted by atomic mass is 10.0. The van der Waals surface area contributed by atoms with E-state index in [9.17, 15) is 9.59 Å². The molecule has 0 aliphatic heterocycles. The number of nitrogens with zero attached hydrogens (tertiary/aromatic N) is 2. The van der Waals surface area contributed by atoms with Gasteiger partial charge in [-0.15, -0.1) is 0 Å². The first kappa shape index (κ1) is 21.7. The summed E-state index contributed by atoms with van der Waals surface area (Å²) < 4.78 is 1.56. The van der Waals surface area contributed by atoms with Crippen LogP contribution in [0.3, 0.4) is 0 Å². The molecule has 0 aliphatic rings. The number of nitrogens with two attached hydrogens (primary N) is 1. The number of aliphatic imine (C=N–C) groups is 1. The molecule has 1 unspecified atom stereocenters. The number of fused-ring (bicyclic) bond motifs is 1. The third-order valence-corrected chi connectivity index (χ3v) is 5.11. The first-order valence-electron chi connectivity index (χ1n) is 9.79. The summed E-state index contributed by atoms with van der Waals surface area (Å²) >= 11 is 0. The Hall–Kier alpha value is -4.00. The van der Waals surface area contributed by atoms with Crippen LogP contribution in [0.4, 0.5) is 5.69 Å². The molecule has 0 saturated carbocycles. The van der Waals surface area contributed by atoms with E-state index in [0.717, 1.165) is 0 Å². The number of anilines is 1. The summed E-state index contributed by atoms with van der Waals surface area (Å²) in [6, 6.07) is 15.8. The van der Waals surface area contributed by atoms with E-state index in [0.29, 0.717) is 33.5 Å². The highest BCUT2D eigenvalue weighted by Gasteiger charge is 2.22. The predicted octanol–water partition coefficient (Wildman–Crippen LogP) is 3.76. The number of para-hydroxylation sites is 1. The number of nitrogens with one attached hydrogen (secondary N) is 2. The van der Waals surface area contributed by atoms with Crippen LogP contribution in [0.2, 0.25) is 0 Å². The van der Waals surface area contributed by atoms with E-state index in [1.54, 1.807) is 30.5 Å². The van der Waals surface area contributed by atoms with Gasteiger partial charge in [0.2, 0.25) is 0 Å². The van der Waals surface area contributed by atoms with Crippen molar-refractivity contribution in [3.05, 3.63) is 81.9 Å². The molecule has 7 nitrogen and oxygen atoms in total. The molecule has 158 valence electrons. The lowest BCUT2D eigenvalue weighted by molar-refractivity contribution is -0.117. The van der Waals surface area contributed by atoms with Crippen LogP contribution < -0.4 is 16.6 Å². The zero-order valence-electron chi connectivity index (χ0n) is 17.8. The second-order valence-electron chi connectivity index (χ2n) is 7.30.